The lowest BCUT2D eigenvalue weighted by Gasteiger charge is -2.26. The number of nitrogens with zero attached hydrogens (tertiary/aromatic N) is 3. The topological polar surface area (TPSA) is 59.8 Å². The van der Waals surface area contributed by atoms with Gasteiger partial charge < -0.3 is 5.32 Å². The van der Waals surface area contributed by atoms with Crippen LogP contribution in [0, 0.1) is 0 Å². The minimum atomic E-state index is 0.0589. The third kappa shape index (κ3) is 5.65. The highest BCUT2D eigenvalue weighted by Crippen LogP contribution is 2.36. The number of hydrogen-bond acceptors (Lipinski definition) is 4. The number of rotatable bonds is 7. The fraction of sp³-hybridized carbons (Fsp3) is 0.625. The average molecular weight is 429 g/mol. The van der Waals surface area contributed by atoms with Gasteiger partial charge in [0.25, 0.3) is 0 Å². The molecule has 164 valence electrons. The molecular weight excluding hydrogens is 392 g/mol. The van der Waals surface area contributed by atoms with Crippen molar-refractivity contribution < 1.29 is 4.79 Å². The van der Waals surface area contributed by atoms with Crippen molar-refractivity contribution in [2.75, 3.05) is 5.75 Å². The Bertz CT molecular complexity index is 832. The molecule has 1 amide bonds. The Hall–Kier alpha value is -1.82. The van der Waals surface area contributed by atoms with Crippen molar-refractivity contribution in [2.24, 2.45) is 0 Å². The largest absolute Gasteiger partial charge is 0.353 e. The molecule has 0 radical (unpaired) electrons. The quantitative estimate of drug-likeness (QED) is 0.570. The zero-order valence-corrected chi connectivity index (χ0v) is 19.9. The minimum absolute atomic E-state index is 0.0589. The number of amides is 1. The zero-order chi connectivity index (χ0) is 21.7. The van der Waals surface area contributed by atoms with E-state index in [1.165, 1.54) is 36.6 Å². The summed E-state index contributed by atoms with van der Waals surface area (Å²) in [4.78, 5) is 12.3. The van der Waals surface area contributed by atoms with Crippen LogP contribution >= 0.6 is 11.8 Å². The molecule has 1 saturated carbocycles. The first-order valence-corrected chi connectivity index (χ1v) is 12.3. The summed E-state index contributed by atoms with van der Waals surface area (Å²) < 4.78 is 2.30. The summed E-state index contributed by atoms with van der Waals surface area (Å²) >= 11 is 1.50. The van der Waals surface area contributed by atoms with E-state index in [0.29, 0.717) is 11.8 Å². The van der Waals surface area contributed by atoms with Crippen molar-refractivity contribution in [3.8, 4) is 11.4 Å². The van der Waals surface area contributed by atoms with Crippen LogP contribution in [0.3, 0.4) is 0 Å². The molecule has 6 heteroatoms. The molecule has 1 heterocycles. The monoisotopic (exact) mass is 428 g/mol. The van der Waals surface area contributed by atoms with Gasteiger partial charge in [0.2, 0.25) is 5.91 Å². The second-order valence-corrected chi connectivity index (χ2v) is 10.4. The number of carbonyl (C=O) groups is 1. The Balaban J connectivity index is 1.85. The first-order chi connectivity index (χ1) is 14.3. The summed E-state index contributed by atoms with van der Waals surface area (Å²) in [6.45, 7) is 10.8. The predicted octanol–water partition coefficient (Wildman–Crippen LogP) is 5.75. The van der Waals surface area contributed by atoms with Crippen LogP contribution in [-0.2, 0) is 10.2 Å². The summed E-state index contributed by atoms with van der Waals surface area (Å²) in [5.74, 6) is 1.36. The van der Waals surface area contributed by atoms with Gasteiger partial charge in [-0.3, -0.25) is 9.36 Å². The van der Waals surface area contributed by atoms with E-state index in [1.807, 2.05) is 6.92 Å². The van der Waals surface area contributed by atoms with Crippen LogP contribution in [0.4, 0.5) is 0 Å². The van der Waals surface area contributed by atoms with Crippen LogP contribution in [0.15, 0.2) is 29.4 Å². The molecule has 0 spiro atoms. The first kappa shape index (κ1) is 22.9. The van der Waals surface area contributed by atoms with Gasteiger partial charge in [0.1, 0.15) is 0 Å². The number of thioether (sulfide) groups is 1. The molecule has 1 aromatic carbocycles. The summed E-state index contributed by atoms with van der Waals surface area (Å²) in [5.41, 5.74) is 2.53. The summed E-state index contributed by atoms with van der Waals surface area (Å²) in [6, 6.07) is 9.32. The number of aromatic nitrogens is 3. The highest BCUT2D eigenvalue weighted by Gasteiger charge is 2.25. The molecule has 1 aliphatic carbocycles. The van der Waals surface area contributed by atoms with Gasteiger partial charge >= 0.3 is 0 Å². The molecule has 2 aromatic rings. The molecule has 0 bridgehead atoms. The van der Waals surface area contributed by atoms with Crippen LogP contribution in [0.25, 0.3) is 11.4 Å². The van der Waals surface area contributed by atoms with E-state index in [9.17, 15) is 4.79 Å². The molecular formula is C24H36N4OS. The Morgan fingerprint density at radius 2 is 1.83 bits per heavy atom. The number of benzene rings is 1. The molecule has 1 atom stereocenters. The molecule has 0 aliphatic heterocycles. The van der Waals surface area contributed by atoms with Gasteiger partial charge in [-0.05, 0) is 37.2 Å². The zero-order valence-electron chi connectivity index (χ0n) is 19.1. The molecule has 0 saturated heterocycles. The minimum Gasteiger partial charge on any atom is -0.353 e. The third-order valence-corrected chi connectivity index (χ3v) is 6.91. The highest BCUT2D eigenvalue weighted by atomic mass is 32.2. The van der Waals surface area contributed by atoms with Crippen molar-refractivity contribution in [3.63, 3.8) is 0 Å². The maximum atomic E-state index is 12.3. The molecule has 1 aromatic heterocycles. The first-order valence-electron chi connectivity index (χ1n) is 11.3. The second-order valence-electron chi connectivity index (χ2n) is 9.46. The van der Waals surface area contributed by atoms with Crippen LogP contribution in [0.1, 0.15) is 84.7 Å². The van der Waals surface area contributed by atoms with Gasteiger partial charge in [0.05, 0.1) is 5.75 Å². The Labute approximate surface area is 185 Å². The normalized spacial score (nSPS) is 16.4. The van der Waals surface area contributed by atoms with Crippen LogP contribution in [0.2, 0.25) is 0 Å². The fourth-order valence-corrected chi connectivity index (χ4v) is 4.73. The number of hydrogen-bond donors (Lipinski definition) is 1. The van der Waals surface area contributed by atoms with Crippen LogP contribution in [-0.4, -0.2) is 32.5 Å². The maximum absolute atomic E-state index is 12.3. The molecule has 3 rings (SSSR count). The van der Waals surface area contributed by atoms with Gasteiger partial charge in [0, 0.05) is 17.6 Å². The predicted molar refractivity (Wildman–Crippen MR) is 125 cm³/mol. The molecule has 1 N–H and O–H groups in total. The molecule has 1 aliphatic rings. The van der Waals surface area contributed by atoms with E-state index in [2.05, 4.69) is 72.0 Å². The van der Waals surface area contributed by atoms with Crippen LogP contribution < -0.4 is 5.32 Å². The SMILES string of the molecule is CCC(C)NC(=O)CSc1nnc(-c2ccc(C(C)(C)C)cc2)n1C1CCCCC1. The summed E-state index contributed by atoms with van der Waals surface area (Å²) in [6.07, 6.45) is 7.01. The van der Waals surface area contributed by atoms with Gasteiger partial charge in [-0.25, -0.2) is 0 Å². The summed E-state index contributed by atoms with van der Waals surface area (Å²) in [7, 11) is 0. The third-order valence-electron chi connectivity index (χ3n) is 5.97. The van der Waals surface area contributed by atoms with Gasteiger partial charge in [0.15, 0.2) is 11.0 Å². The highest BCUT2D eigenvalue weighted by molar-refractivity contribution is 7.99. The lowest BCUT2D eigenvalue weighted by molar-refractivity contribution is -0.119. The van der Waals surface area contributed by atoms with E-state index < -0.39 is 0 Å². The lowest BCUT2D eigenvalue weighted by atomic mass is 9.86. The van der Waals surface area contributed by atoms with Crippen molar-refractivity contribution in [2.45, 2.75) is 95.8 Å². The van der Waals surface area contributed by atoms with E-state index in [0.717, 1.165) is 35.8 Å². The van der Waals surface area contributed by atoms with Gasteiger partial charge in [-0.1, -0.05) is 83.0 Å². The fourth-order valence-electron chi connectivity index (χ4n) is 3.91. The van der Waals surface area contributed by atoms with Gasteiger partial charge in [-0.2, -0.15) is 0 Å². The molecule has 1 unspecified atom stereocenters. The smallest absolute Gasteiger partial charge is 0.230 e. The van der Waals surface area contributed by atoms with E-state index in [-0.39, 0.29) is 17.4 Å². The summed E-state index contributed by atoms with van der Waals surface area (Å²) in [5, 5.41) is 13.0. The van der Waals surface area contributed by atoms with Crippen LogP contribution in [0.5, 0.6) is 0 Å². The standard InChI is InChI=1S/C24H36N4OS/c1-6-17(2)25-21(29)16-30-23-27-26-22(28(23)20-10-8-7-9-11-20)18-12-14-19(15-13-18)24(3,4)5/h12-15,17,20H,6-11,16H2,1-5H3,(H,25,29). The Kier molecular flexibility index (Phi) is 7.61. The second kappa shape index (κ2) is 9.99. The van der Waals surface area contributed by atoms with Crippen molar-refractivity contribution >= 4 is 17.7 Å². The van der Waals surface area contributed by atoms with E-state index in [1.54, 1.807) is 0 Å². The molecule has 1 fully saturated rings. The average Bonchev–Trinajstić information content (AvgIpc) is 3.16. The lowest BCUT2D eigenvalue weighted by Crippen LogP contribution is -2.33. The maximum Gasteiger partial charge on any atom is 0.230 e. The Morgan fingerprint density at radius 1 is 1.17 bits per heavy atom. The number of carbonyl (C=O) groups excluding carboxylic acids is 1. The number of nitrogens with one attached hydrogen (secondary N) is 1. The van der Waals surface area contributed by atoms with E-state index >= 15 is 0 Å². The molecule has 30 heavy (non-hydrogen) atoms. The molecule has 5 nitrogen and oxygen atoms in total. The van der Waals surface area contributed by atoms with E-state index in [4.69, 9.17) is 0 Å². The van der Waals surface area contributed by atoms with Crippen molar-refractivity contribution in [1.29, 1.82) is 0 Å². The Morgan fingerprint density at radius 3 is 2.43 bits per heavy atom. The van der Waals surface area contributed by atoms with Crippen molar-refractivity contribution in [3.05, 3.63) is 29.8 Å². The van der Waals surface area contributed by atoms with Crippen molar-refractivity contribution in [1.82, 2.24) is 20.1 Å². The van der Waals surface area contributed by atoms with Gasteiger partial charge in [-0.15, -0.1) is 10.2 Å².